The maximum Gasteiger partial charge on any atom is 0.513 e. The van der Waals surface area contributed by atoms with E-state index in [0.29, 0.717) is 3.57 Å². The van der Waals surface area contributed by atoms with E-state index in [-0.39, 0.29) is 10.8 Å². The van der Waals surface area contributed by atoms with E-state index in [1.807, 2.05) is 0 Å². The standard InChI is InChI=1S/C8H5ClFIO3/c1-13-8(12)14-7-3-6(11)5(10)2-4(7)9/h2-3H,1H3. The average Bonchev–Trinajstić information content (AvgIpc) is 2.14. The van der Waals surface area contributed by atoms with Crippen LogP contribution in [0, 0.1) is 9.39 Å². The van der Waals surface area contributed by atoms with Crippen molar-refractivity contribution in [2.75, 3.05) is 7.11 Å². The summed E-state index contributed by atoms with van der Waals surface area (Å²) < 4.78 is 22.2. The summed E-state index contributed by atoms with van der Waals surface area (Å²) in [5.41, 5.74) is 0. The van der Waals surface area contributed by atoms with Gasteiger partial charge in [-0.25, -0.2) is 9.18 Å². The molecule has 1 aromatic rings. The molecular formula is C8H5ClFIO3. The van der Waals surface area contributed by atoms with Gasteiger partial charge in [-0.3, -0.25) is 0 Å². The second kappa shape index (κ2) is 4.79. The van der Waals surface area contributed by atoms with E-state index < -0.39 is 12.0 Å². The molecule has 1 rings (SSSR count). The maximum absolute atomic E-state index is 12.9. The van der Waals surface area contributed by atoms with Gasteiger partial charge in [0, 0.05) is 0 Å². The molecule has 0 aromatic heterocycles. The first-order chi connectivity index (χ1) is 6.54. The number of methoxy groups -OCH3 is 1. The molecular weight excluding hydrogens is 325 g/mol. The van der Waals surface area contributed by atoms with Gasteiger partial charge in [0.25, 0.3) is 0 Å². The molecule has 76 valence electrons. The van der Waals surface area contributed by atoms with Gasteiger partial charge < -0.3 is 9.47 Å². The van der Waals surface area contributed by atoms with Crippen LogP contribution in [0.2, 0.25) is 5.02 Å². The van der Waals surface area contributed by atoms with Gasteiger partial charge in [-0.05, 0) is 34.7 Å². The van der Waals surface area contributed by atoms with Crippen molar-refractivity contribution in [3.63, 3.8) is 0 Å². The maximum atomic E-state index is 12.9. The molecule has 0 unspecified atom stereocenters. The molecule has 0 N–H and O–H groups in total. The summed E-state index contributed by atoms with van der Waals surface area (Å²) in [5, 5.41) is 0.0216. The Kier molecular flexibility index (Phi) is 3.94. The molecule has 0 aliphatic rings. The summed E-state index contributed by atoms with van der Waals surface area (Å²) in [5.74, 6) is -0.392. The Morgan fingerprint density at radius 3 is 2.79 bits per heavy atom. The van der Waals surface area contributed by atoms with Crippen molar-refractivity contribution in [2.24, 2.45) is 0 Å². The molecule has 0 atom stereocenters. The topological polar surface area (TPSA) is 35.5 Å². The fourth-order valence-electron chi connectivity index (χ4n) is 0.714. The van der Waals surface area contributed by atoms with Crippen molar-refractivity contribution < 1.29 is 18.7 Å². The Morgan fingerprint density at radius 1 is 1.57 bits per heavy atom. The van der Waals surface area contributed by atoms with Crippen LogP contribution in [0.25, 0.3) is 0 Å². The van der Waals surface area contributed by atoms with Crippen LogP contribution in [0.4, 0.5) is 9.18 Å². The predicted molar refractivity (Wildman–Crippen MR) is 57.2 cm³/mol. The molecule has 0 radical (unpaired) electrons. The number of hydrogen-bond acceptors (Lipinski definition) is 3. The highest BCUT2D eigenvalue weighted by Crippen LogP contribution is 2.28. The van der Waals surface area contributed by atoms with Gasteiger partial charge in [-0.1, -0.05) is 11.6 Å². The molecule has 0 aliphatic heterocycles. The Balaban J connectivity index is 2.98. The summed E-state index contributed by atoms with van der Waals surface area (Å²) in [6, 6.07) is 2.39. The van der Waals surface area contributed by atoms with Crippen molar-refractivity contribution in [1.82, 2.24) is 0 Å². The van der Waals surface area contributed by atoms with Crippen LogP contribution in [0.3, 0.4) is 0 Å². The number of ether oxygens (including phenoxy) is 2. The molecule has 14 heavy (non-hydrogen) atoms. The first-order valence-electron chi connectivity index (χ1n) is 3.45. The van der Waals surface area contributed by atoms with Gasteiger partial charge >= 0.3 is 6.16 Å². The second-order valence-corrected chi connectivity index (χ2v) is 3.82. The lowest BCUT2D eigenvalue weighted by Crippen LogP contribution is -2.07. The van der Waals surface area contributed by atoms with E-state index in [0.717, 1.165) is 6.07 Å². The zero-order valence-corrected chi connectivity index (χ0v) is 9.93. The van der Waals surface area contributed by atoms with E-state index >= 15 is 0 Å². The average molecular weight is 330 g/mol. The first-order valence-corrected chi connectivity index (χ1v) is 4.90. The molecule has 3 nitrogen and oxygen atoms in total. The molecule has 0 saturated heterocycles. The van der Waals surface area contributed by atoms with Crippen molar-refractivity contribution in [2.45, 2.75) is 0 Å². The summed E-state index contributed by atoms with van der Waals surface area (Å²) >= 11 is 7.39. The lowest BCUT2D eigenvalue weighted by molar-refractivity contribution is 0.121. The van der Waals surface area contributed by atoms with Crippen molar-refractivity contribution in [1.29, 1.82) is 0 Å². The monoisotopic (exact) mass is 330 g/mol. The number of hydrogen-bond donors (Lipinski definition) is 0. The number of benzene rings is 1. The summed E-state index contributed by atoms with van der Waals surface area (Å²) in [6.07, 6.45) is -0.894. The van der Waals surface area contributed by atoms with Crippen LogP contribution in [-0.4, -0.2) is 13.3 Å². The third-order valence-electron chi connectivity index (χ3n) is 1.33. The predicted octanol–water partition coefficient (Wildman–Crippen LogP) is 3.23. The minimum atomic E-state index is -0.894. The highest BCUT2D eigenvalue weighted by molar-refractivity contribution is 14.1. The smallest absolute Gasteiger partial charge is 0.437 e. The largest absolute Gasteiger partial charge is 0.513 e. The Morgan fingerprint density at radius 2 is 2.21 bits per heavy atom. The molecule has 0 aliphatic carbocycles. The minimum absolute atomic E-state index is 0.0216. The van der Waals surface area contributed by atoms with Gasteiger partial charge in [0.2, 0.25) is 0 Å². The molecule has 0 saturated carbocycles. The van der Waals surface area contributed by atoms with Crippen molar-refractivity contribution >= 4 is 40.3 Å². The number of carbonyl (C=O) groups excluding carboxylic acids is 1. The van der Waals surface area contributed by atoms with Crippen LogP contribution < -0.4 is 4.74 Å². The van der Waals surface area contributed by atoms with Gasteiger partial charge in [-0.2, -0.15) is 0 Å². The van der Waals surface area contributed by atoms with Gasteiger partial charge in [-0.15, -0.1) is 0 Å². The molecule has 0 bridgehead atoms. The highest BCUT2D eigenvalue weighted by Gasteiger charge is 2.11. The molecule has 0 spiro atoms. The normalized spacial score (nSPS) is 9.71. The highest BCUT2D eigenvalue weighted by atomic mass is 127. The Bertz CT molecular complexity index is 370. The van der Waals surface area contributed by atoms with Gasteiger partial charge in [0.05, 0.1) is 15.7 Å². The van der Waals surface area contributed by atoms with Crippen LogP contribution >= 0.6 is 34.2 Å². The molecule has 0 heterocycles. The summed E-state index contributed by atoms with van der Waals surface area (Å²) in [6.45, 7) is 0. The minimum Gasteiger partial charge on any atom is -0.437 e. The quantitative estimate of drug-likeness (QED) is 0.343. The van der Waals surface area contributed by atoms with Gasteiger partial charge in [0.1, 0.15) is 5.82 Å². The van der Waals surface area contributed by atoms with Crippen molar-refractivity contribution in [3.8, 4) is 5.75 Å². The second-order valence-electron chi connectivity index (χ2n) is 2.25. The van der Waals surface area contributed by atoms with E-state index in [2.05, 4.69) is 9.47 Å². The molecule has 1 aromatic carbocycles. The van der Waals surface area contributed by atoms with E-state index in [9.17, 15) is 9.18 Å². The summed E-state index contributed by atoms with van der Waals surface area (Å²) in [7, 11) is 1.17. The van der Waals surface area contributed by atoms with Crippen LogP contribution in [0.1, 0.15) is 0 Å². The van der Waals surface area contributed by atoms with Crippen molar-refractivity contribution in [3.05, 3.63) is 26.5 Å². The molecule has 0 amide bonds. The van der Waals surface area contributed by atoms with E-state index in [4.69, 9.17) is 11.6 Å². The number of carbonyl (C=O) groups is 1. The lowest BCUT2D eigenvalue weighted by Gasteiger charge is -2.05. The third kappa shape index (κ3) is 2.71. The zero-order chi connectivity index (χ0) is 10.7. The first kappa shape index (κ1) is 11.5. The number of halogens is 3. The van der Waals surface area contributed by atoms with Crippen LogP contribution in [0.5, 0.6) is 5.75 Å². The van der Waals surface area contributed by atoms with E-state index in [1.165, 1.54) is 13.2 Å². The third-order valence-corrected chi connectivity index (χ3v) is 2.46. The molecule has 0 fully saturated rings. The molecule has 6 heteroatoms. The SMILES string of the molecule is COC(=O)Oc1cc(I)c(F)cc1Cl. The van der Waals surface area contributed by atoms with E-state index in [1.54, 1.807) is 22.6 Å². The Hall–Kier alpha value is -0.560. The fraction of sp³-hybridized carbons (Fsp3) is 0.125. The van der Waals surface area contributed by atoms with Crippen LogP contribution in [-0.2, 0) is 4.74 Å². The zero-order valence-electron chi connectivity index (χ0n) is 7.01. The van der Waals surface area contributed by atoms with Gasteiger partial charge in [0.15, 0.2) is 5.75 Å². The lowest BCUT2D eigenvalue weighted by atomic mass is 10.3. The fourth-order valence-corrected chi connectivity index (χ4v) is 1.34. The number of rotatable bonds is 1. The van der Waals surface area contributed by atoms with Crippen LogP contribution in [0.15, 0.2) is 12.1 Å². The summed E-state index contributed by atoms with van der Waals surface area (Å²) in [4.78, 5) is 10.7. The Labute approximate surface area is 98.3 Å².